The van der Waals surface area contributed by atoms with Crippen LogP contribution in [0.4, 0.5) is 0 Å². The molecule has 1 aliphatic rings. The lowest BCUT2D eigenvalue weighted by Crippen LogP contribution is -2.29. The topological polar surface area (TPSA) is 38.8 Å². The number of alkyl halides is 1. The Kier molecular flexibility index (Phi) is 3.97. The number of carbonyl (C=O) groups excluding carboxylic acids is 1. The number of carbonyl (C=O) groups is 1. The zero-order chi connectivity index (χ0) is 13.1. The van der Waals surface area contributed by atoms with Gasteiger partial charge in [0.2, 0.25) is 0 Å². The van der Waals surface area contributed by atoms with Gasteiger partial charge in [0.15, 0.2) is 0 Å². The highest BCUT2D eigenvalue weighted by Crippen LogP contribution is 2.30. The minimum Gasteiger partial charge on any atom is -0.496 e. The smallest absolute Gasteiger partial charge is 0.261 e. The summed E-state index contributed by atoms with van der Waals surface area (Å²) in [4.78, 5) is 14.2. The second-order valence-electron chi connectivity index (χ2n) is 4.17. The van der Waals surface area contributed by atoms with E-state index in [0.717, 1.165) is 6.42 Å². The molecular formula is C13H16ClNO3. The number of benzene rings is 1. The van der Waals surface area contributed by atoms with Crippen molar-refractivity contribution in [2.75, 3.05) is 27.3 Å². The first-order valence-electron chi connectivity index (χ1n) is 5.81. The van der Waals surface area contributed by atoms with Crippen molar-refractivity contribution in [1.29, 1.82) is 0 Å². The van der Waals surface area contributed by atoms with E-state index in [1.54, 1.807) is 37.3 Å². The molecule has 1 fully saturated rings. The lowest BCUT2D eigenvalue weighted by molar-refractivity contribution is 0.0786. The molecule has 4 nitrogen and oxygen atoms in total. The van der Waals surface area contributed by atoms with E-state index in [4.69, 9.17) is 21.1 Å². The maximum Gasteiger partial charge on any atom is 0.261 e. The first-order valence-corrected chi connectivity index (χ1v) is 6.25. The Hall–Kier alpha value is -1.42. The van der Waals surface area contributed by atoms with Crippen LogP contribution >= 0.6 is 11.6 Å². The van der Waals surface area contributed by atoms with Crippen LogP contribution in [0.15, 0.2) is 18.2 Å². The van der Waals surface area contributed by atoms with Crippen molar-refractivity contribution >= 4 is 17.5 Å². The number of ether oxygens (including phenoxy) is 2. The van der Waals surface area contributed by atoms with Crippen LogP contribution in [0.5, 0.6) is 11.5 Å². The zero-order valence-corrected chi connectivity index (χ0v) is 11.2. The van der Waals surface area contributed by atoms with E-state index in [9.17, 15) is 4.79 Å². The van der Waals surface area contributed by atoms with E-state index in [1.807, 2.05) is 0 Å². The van der Waals surface area contributed by atoms with Gasteiger partial charge in [0.05, 0.1) is 19.6 Å². The lowest BCUT2D eigenvalue weighted by atomic mass is 10.1. The van der Waals surface area contributed by atoms with Crippen molar-refractivity contribution in [2.24, 2.45) is 0 Å². The van der Waals surface area contributed by atoms with Gasteiger partial charge in [-0.25, -0.2) is 0 Å². The number of halogens is 1. The minimum absolute atomic E-state index is 0.0367. The van der Waals surface area contributed by atoms with Gasteiger partial charge in [0.25, 0.3) is 5.91 Å². The van der Waals surface area contributed by atoms with Crippen molar-refractivity contribution in [3.8, 4) is 11.5 Å². The lowest BCUT2D eigenvalue weighted by Gasteiger charge is -2.19. The molecule has 1 amide bonds. The van der Waals surface area contributed by atoms with Gasteiger partial charge in [-0.1, -0.05) is 6.07 Å². The van der Waals surface area contributed by atoms with Crippen molar-refractivity contribution in [3.63, 3.8) is 0 Å². The summed E-state index contributed by atoms with van der Waals surface area (Å²) in [6.45, 7) is 1.25. The maximum atomic E-state index is 12.5. The van der Waals surface area contributed by atoms with Crippen molar-refractivity contribution in [2.45, 2.75) is 11.8 Å². The molecule has 5 heteroatoms. The molecule has 0 aromatic heterocycles. The van der Waals surface area contributed by atoms with Gasteiger partial charge < -0.3 is 14.4 Å². The van der Waals surface area contributed by atoms with E-state index in [-0.39, 0.29) is 11.3 Å². The van der Waals surface area contributed by atoms with Gasteiger partial charge in [-0.15, -0.1) is 11.6 Å². The normalized spacial score (nSPS) is 18.8. The first kappa shape index (κ1) is 13.0. The van der Waals surface area contributed by atoms with Gasteiger partial charge in [-0.3, -0.25) is 4.79 Å². The Labute approximate surface area is 111 Å². The van der Waals surface area contributed by atoms with E-state index in [2.05, 4.69) is 0 Å². The van der Waals surface area contributed by atoms with Crippen molar-refractivity contribution in [3.05, 3.63) is 23.8 Å². The molecule has 18 heavy (non-hydrogen) atoms. The molecular weight excluding hydrogens is 254 g/mol. The average molecular weight is 270 g/mol. The summed E-state index contributed by atoms with van der Waals surface area (Å²) in [7, 11) is 3.08. The molecule has 0 radical (unpaired) electrons. The number of hydrogen-bond donors (Lipinski definition) is 0. The predicted molar refractivity (Wildman–Crippen MR) is 69.7 cm³/mol. The molecule has 0 bridgehead atoms. The Morgan fingerprint density at radius 3 is 2.39 bits per heavy atom. The Balaban J connectivity index is 2.34. The third-order valence-corrected chi connectivity index (χ3v) is 3.42. The monoisotopic (exact) mass is 269 g/mol. The Bertz CT molecular complexity index is 428. The second-order valence-corrected chi connectivity index (χ2v) is 4.79. The largest absolute Gasteiger partial charge is 0.496 e. The fraction of sp³-hybridized carbons (Fsp3) is 0.462. The van der Waals surface area contributed by atoms with Gasteiger partial charge in [0, 0.05) is 13.1 Å². The molecule has 98 valence electrons. The molecule has 2 rings (SSSR count). The van der Waals surface area contributed by atoms with Crippen LogP contribution in [-0.4, -0.2) is 43.5 Å². The SMILES string of the molecule is COc1cccc(OC)c1C(=O)N1CCC(Cl)C1. The number of nitrogens with zero attached hydrogens (tertiary/aromatic N) is 1. The first-order chi connectivity index (χ1) is 8.67. The van der Waals surface area contributed by atoms with Crippen LogP contribution in [0, 0.1) is 0 Å². The van der Waals surface area contributed by atoms with Crippen LogP contribution in [0.25, 0.3) is 0 Å². The molecule has 1 heterocycles. The fourth-order valence-corrected chi connectivity index (χ4v) is 2.39. The highest BCUT2D eigenvalue weighted by Gasteiger charge is 2.29. The Morgan fingerprint density at radius 2 is 1.94 bits per heavy atom. The third-order valence-electron chi connectivity index (χ3n) is 3.06. The number of hydrogen-bond acceptors (Lipinski definition) is 3. The summed E-state index contributed by atoms with van der Waals surface area (Å²) in [5, 5.41) is 0.0367. The number of likely N-dealkylation sites (tertiary alicyclic amines) is 1. The van der Waals surface area contributed by atoms with E-state index >= 15 is 0 Å². The molecule has 1 aromatic rings. The summed E-state index contributed by atoms with van der Waals surface area (Å²) in [6.07, 6.45) is 0.824. The average Bonchev–Trinajstić information content (AvgIpc) is 2.83. The highest BCUT2D eigenvalue weighted by molar-refractivity contribution is 6.21. The van der Waals surface area contributed by atoms with Crippen LogP contribution in [0.3, 0.4) is 0 Å². The fourth-order valence-electron chi connectivity index (χ4n) is 2.12. The second kappa shape index (κ2) is 5.48. The van der Waals surface area contributed by atoms with Crippen LogP contribution in [0.1, 0.15) is 16.8 Å². The van der Waals surface area contributed by atoms with Gasteiger partial charge >= 0.3 is 0 Å². The zero-order valence-electron chi connectivity index (χ0n) is 10.5. The van der Waals surface area contributed by atoms with Crippen LogP contribution in [0.2, 0.25) is 0 Å². The number of amides is 1. The maximum absolute atomic E-state index is 12.5. The summed E-state index contributed by atoms with van der Waals surface area (Å²) in [6, 6.07) is 5.30. The Morgan fingerprint density at radius 1 is 1.33 bits per heavy atom. The molecule has 1 aromatic carbocycles. The minimum atomic E-state index is -0.0903. The van der Waals surface area contributed by atoms with Crippen LogP contribution < -0.4 is 9.47 Å². The predicted octanol–water partition coefficient (Wildman–Crippen LogP) is 2.16. The summed E-state index contributed by atoms with van der Waals surface area (Å²) in [5.41, 5.74) is 0.466. The molecule has 1 saturated heterocycles. The van der Waals surface area contributed by atoms with Gasteiger partial charge in [0.1, 0.15) is 17.1 Å². The molecule has 0 spiro atoms. The summed E-state index contributed by atoms with van der Waals surface area (Å²) >= 11 is 6.03. The standard InChI is InChI=1S/C13H16ClNO3/c1-17-10-4-3-5-11(18-2)12(10)13(16)15-7-6-9(14)8-15/h3-5,9H,6-8H2,1-2H3. The molecule has 0 N–H and O–H groups in total. The van der Waals surface area contributed by atoms with Crippen molar-refractivity contribution in [1.82, 2.24) is 4.90 Å². The number of rotatable bonds is 3. The highest BCUT2D eigenvalue weighted by atomic mass is 35.5. The quantitative estimate of drug-likeness (QED) is 0.790. The van der Waals surface area contributed by atoms with E-state index in [0.29, 0.717) is 30.2 Å². The van der Waals surface area contributed by atoms with Gasteiger partial charge in [-0.05, 0) is 18.6 Å². The molecule has 0 saturated carbocycles. The number of methoxy groups -OCH3 is 2. The van der Waals surface area contributed by atoms with Crippen LogP contribution in [-0.2, 0) is 0 Å². The molecule has 1 atom stereocenters. The van der Waals surface area contributed by atoms with Gasteiger partial charge in [-0.2, -0.15) is 0 Å². The summed E-state index contributed by atoms with van der Waals surface area (Å²) in [5.74, 6) is 0.960. The summed E-state index contributed by atoms with van der Waals surface area (Å²) < 4.78 is 10.5. The molecule has 0 aliphatic carbocycles. The van der Waals surface area contributed by atoms with E-state index < -0.39 is 0 Å². The van der Waals surface area contributed by atoms with Crippen molar-refractivity contribution < 1.29 is 14.3 Å². The molecule has 1 aliphatic heterocycles. The third kappa shape index (κ3) is 2.38. The van der Waals surface area contributed by atoms with E-state index in [1.165, 1.54) is 0 Å². The molecule has 1 unspecified atom stereocenters.